The molecule has 1 unspecified atom stereocenters. The number of aliphatic hydroxyl groups is 1. The molecule has 0 spiro atoms. The Kier molecular flexibility index (Phi) is 3.55. The van der Waals surface area contributed by atoms with Gasteiger partial charge in [0.25, 0.3) is 0 Å². The van der Waals surface area contributed by atoms with Crippen LogP contribution in [0, 0.1) is 6.92 Å². The standard InChI is InChI=1S/C19H19NO4/c1-11(22)16-12(2)24-19-14-6-4-3-5-13(14)18-15(17(16)19)9-20(7-8-21)10-23-18/h3-6,21H,7-10H2,1-2H3/p+1. The maximum atomic E-state index is 12.2. The Morgan fingerprint density at radius 3 is 2.75 bits per heavy atom. The fourth-order valence-corrected chi connectivity index (χ4v) is 3.73. The van der Waals surface area contributed by atoms with Crippen LogP contribution in [0.5, 0.6) is 5.75 Å². The predicted octanol–water partition coefficient (Wildman–Crippen LogP) is 1.82. The zero-order chi connectivity index (χ0) is 16.8. The van der Waals surface area contributed by atoms with E-state index in [1.165, 1.54) is 0 Å². The van der Waals surface area contributed by atoms with Crippen LogP contribution in [0.2, 0.25) is 0 Å². The highest BCUT2D eigenvalue weighted by Gasteiger charge is 2.30. The van der Waals surface area contributed by atoms with E-state index < -0.39 is 0 Å². The van der Waals surface area contributed by atoms with Crippen LogP contribution in [0.15, 0.2) is 28.7 Å². The first kappa shape index (κ1) is 15.2. The van der Waals surface area contributed by atoms with Gasteiger partial charge in [0.2, 0.25) is 6.73 Å². The van der Waals surface area contributed by atoms with E-state index in [2.05, 4.69) is 0 Å². The Morgan fingerprint density at radius 1 is 1.29 bits per heavy atom. The minimum absolute atomic E-state index is 0.00184. The van der Waals surface area contributed by atoms with Crippen LogP contribution in [-0.4, -0.2) is 30.8 Å². The summed E-state index contributed by atoms with van der Waals surface area (Å²) in [5, 5.41) is 12.1. The Hall–Kier alpha value is -2.37. The summed E-state index contributed by atoms with van der Waals surface area (Å²) < 4.78 is 12.1. The number of aliphatic hydroxyl groups excluding tert-OH is 1. The van der Waals surface area contributed by atoms with E-state index in [0.29, 0.717) is 31.1 Å². The fourth-order valence-electron chi connectivity index (χ4n) is 3.73. The quantitative estimate of drug-likeness (QED) is 0.721. The van der Waals surface area contributed by atoms with E-state index in [1.54, 1.807) is 6.92 Å². The molecular weight excluding hydrogens is 306 g/mol. The van der Waals surface area contributed by atoms with E-state index in [4.69, 9.17) is 9.15 Å². The van der Waals surface area contributed by atoms with E-state index in [1.807, 2.05) is 31.2 Å². The summed E-state index contributed by atoms with van der Waals surface area (Å²) in [6.07, 6.45) is 0. The molecule has 0 fully saturated rings. The lowest BCUT2D eigenvalue weighted by molar-refractivity contribution is -0.932. The van der Waals surface area contributed by atoms with E-state index in [0.717, 1.165) is 38.0 Å². The average molecular weight is 326 g/mol. The minimum atomic E-state index is -0.00184. The number of aryl methyl sites for hydroxylation is 1. The van der Waals surface area contributed by atoms with Gasteiger partial charge in [0.15, 0.2) is 5.78 Å². The molecule has 3 aromatic rings. The van der Waals surface area contributed by atoms with Gasteiger partial charge >= 0.3 is 0 Å². The van der Waals surface area contributed by atoms with Crippen LogP contribution in [0.3, 0.4) is 0 Å². The van der Waals surface area contributed by atoms with Gasteiger partial charge in [-0.3, -0.25) is 9.69 Å². The molecule has 5 heteroatoms. The molecule has 24 heavy (non-hydrogen) atoms. The smallest absolute Gasteiger partial charge is 0.222 e. The number of carbonyl (C=O) groups is 1. The van der Waals surface area contributed by atoms with Gasteiger partial charge in [-0.25, -0.2) is 0 Å². The van der Waals surface area contributed by atoms with Crippen LogP contribution in [0.4, 0.5) is 0 Å². The van der Waals surface area contributed by atoms with E-state index in [9.17, 15) is 9.90 Å². The van der Waals surface area contributed by atoms with Gasteiger partial charge in [-0.1, -0.05) is 24.3 Å². The molecule has 124 valence electrons. The number of rotatable bonds is 3. The Labute approximate surface area is 139 Å². The number of quaternary nitrogens is 1. The summed E-state index contributed by atoms with van der Waals surface area (Å²) in [6.45, 7) is 5.33. The lowest BCUT2D eigenvalue weighted by Gasteiger charge is -2.27. The molecule has 2 N–H and O–H groups in total. The van der Waals surface area contributed by atoms with Gasteiger partial charge in [-0.15, -0.1) is 0 Å². The number of nitrogens with one attached hydrogen (secondary N) is 1. The number of ketones is 1. The van der Waals surface area contributed by atoms with Crippen LogP contribution in [0.25, 0.3) is 21.7 Å². The molecule has 1 aliphatic rings. The molecule has 0 amide bonds. The highest BCUT2D eigenvalue weighted by atomic mass is 16.5. The number of hydrogen-bond donors (Lipinski definition) is 2. The molecule has 0 aliphatic carbocycles. The summed E-state index contributed by atoms with van der Waals surface area (Å²) in [6, 6.07) is 7.97. The van der Waals surface area contributed by atoms with Crippen molar-refractivity contribution in [2.24, 2.45) is 0 Å². The molecule has 2 heterocycles. The molecule has 1 aromatic heterocycles. The fraction of sp³-hybridized carbons (Fsp3) is 0.316. The SMILES string of the molecule is CC(=O)c1c(C)oc2c1c1c(c3ccccc32)OC[NH+](CCO)C1. The zero-order valence-electron chi connectivity index (χ0n) is 13.8. The molecule has 4 rings (SSSR count). The van der Waals surface area contributed by atoms with Gasteiger partial charge in [0.1, 0.15) is 30.2 Å². The minimum Gasteiger partial charge on any atom is -0.460 e. The number of Topliss-reactive ketones (excluding diaryl/α,β-unsaturated/α-hetero) is 1. The lowest BCUT2D eigenvalue weighted by atomic mass is 9.95. The van der Waals surface area contributed by atoms with Crippen molar-refractivity contribution in [3.05, 3.63) is 41.2 Å². The normalized spacial score (nSPS) is 17.0. The van der Waals surface area contributed by atoms with Gasteiger partial charge in [-0.2, -0.15) is 0 Å². The van der Waals surface area contributed by atoms with E-state index in [-0.39, 0.29) is 12.4 Å². The van der Waals surface area contributed by atoms with Gasteiger partial charge in [0.05, 0.1) is 17.7 Å². The largest absolute Gasteiger partial charge is 0.460 e. The molecule has 0 radical (unpaired) electrons. The van der Waals surface area contributed by atoms with Gasteiger partial charge in [0, 0.05) is 16.2 Å². The van der Waals surface area contributed by atoms with Crippen LogP contribution < -0.4 is 9.64 Å². The summed E-state index contributed by atoms with van der Waals surface area (Å²) in [5.41, 5.74) is 2.39. The second-order valence-corrected chi connectivity index (χ2v) is 6.34. The zero-order valence-corrected chi connectivity index (χ0v) is 13.8. The predicted molar refractivity (Wildman–Crippen MR) is 90.6 cm³/mol. The van der Waals surface area contributed by atoms with Crippen molar-refractivity contribution in [1.29, 1.82) is 0 Å². The van der Waals surface area contributed by atoms with Gasteiger partial charge < -0.3 is 14.3 Å². The van der Waals surface area contributed by atoms with Crippen molar-refractivity contribution in [2.75, 3.05) is 19.9 Å². The number of fused-ring (bicyclic) bond motifs is 6. The Bertz CT molecular complexity index is 957. The molecular formula is C19H20NO4+. The molecule has 0 saturated heterocycles. The molecule has 1 atom stereocenters. The molecule has 0 saturated carbocycles. The highest BCUT2D eigenvalue weighted by Crippen LogP contribution is 2.42. The monoisotopic (exact) mass is 326 g/mol. The third kappa shape index (κ3) is 2.12. The summed E-state index contributed by atoms with van der Waals surface area (Å²) >= 11 is 0. The third-order valence-electron chi connectivity index (χ3n) is 4.74. The first-order valence-corrected chi connectivity index (χ1v) is 8.16. The van der Waals surface area contributed by atoms with Crippen molar-refractivity contribution >= 4 is 27.5 Å². The van der Waals surface area contributed by atoms with Crippen molar-refractivity contribution < 1.29 is 24.0 Å². The molecule has 0 bridgehead atoms. The highest BCUT2D eigenvalue weighted by molar-refractivity contribution is 6.17. The second-order valence-electron chi connectivity index (χ2n) is 6.34. The first-order valence-electron chi connectivity index (χ1n) is 8.16. The van der Waals surface area contributed by atoms with Crippen molar-refractivity contribution in [2.45, 2.75) is 20.4 Å². The third-order valence-corrected chi connectivity index (χ3v) is 4.74. The molecule has 5 nitrogen and oxygen atoms in total. The molecule has 1 aliphatic heterocycles. The molecule has 2 aromatic carbocycles. The van der Waals surface area contributed by atoms with Crippen molar-refractivity contribution in [1.82, 2.24) is 0 Å². The Balaban J connectivity index is 2.11. The number of hydrogen-bond acceptors (Lipinski definition) is 4. The number of furan rings is 1. The van der Waals surface area contributed by atoms with Crippen LogP contribution in [0.1, 0.15) is 28.6 Å². The lowest BCUT2D eigenvalue weighted by Crippen LogP contribution is -3.12. The summed E-state index contributed by atoms with van der Waals surface area (Å²) in [5.74, 6) is 1.48. The number of benzene rings is 2. The number of ether oxygens (including phenoxy) is 1. The first-order chi connectivity index (χ1) is 11.6. The van der Waals surface area contributed by atoms with Crippen LogP contribution in [-0.2, 0) is 6.54 Å². The topological polar surface area (TPSA) is 64.1 Å². The van der Waals surface area contributed by atoms with Crippen LogP contribution >= 0.6 is 0 Å². The second kappa shape index (κ2) is 5.61. The maximum Gasteiger partial charge on any atom is 0.222 e. The Morgan fingerprint density at radius 2 is 2.04 bits per heavy atom. The van der Waals surface area contributed by atoms with Crippen molar-refractivity contribution in [3.63, 3.8) is 0 Å². The maximum absolute atomic E-state index is 12.2. The average Bonchev–Trinajstić information content (AvgIpc) is 2.93. The van der Waals surface area contributed by atoms with E-state index >= 15 is 0 Å². The summed E-state index contributed by atoms with van der Waals surface area (Å²) in [7, 11) is 0. The van der Waals surface area contributed by atoms with Crippen molar-refractivity contribution in [3.8, 4) is 5.75 Å². The number of carbonyl (C=O) groups excluding carboxylic acids is 1. The summed E-state index contributed by atoms with van der Waals surface area (Å²) in [4.78, 5) is 13.4. The van der Waals surface area contributed by atoms with Gasteiger partial charge in [-0.05, 0) is 13.8 Å².